The highest BCUT2D eigenvalue weighted by atomic mass is 32.2. The highest BCUT2D eigenvalue weighted by Gasteiger charge is 2.06. The molecule has 134 valence electrons. The van der Waals surface area contributed by atoms with Crippen LogP contribution >= 0.6 is 0 Å². The molecule has 0 aliphatic carbocycles. The minimum absolute atomic E-state index is 0.275. The van der Waals surface area contributed by atoms with Gasteiger partial charge in [0.25, 0.3) is 10.1 Å². The third-order valence-electron chi connectivity index (χ3n) is 3.96. The van der Waals surface area contributed by atoms with Crippen molar-refractivity contribution in [2.45, 2.75) is 96.8 Å². The Morgan fingerprint density at radius 1 is 0.682 bits per heavy atom. The highest BCUT2D eigenvalue weighted by molar-refractivity contribution is 7.86. The molecule has 0 fully saturated rings. The summed E-state index contributed by atoms with van der Waals surface area (Å²) in [5.41, 5.74) is 5.05. The third kappa shape index (κ3) is 16.2. The predicted octanol–water partition coefficient (Wildman–Crippen LogP) is 4.73. The molecule has 0 radical (unpaired) electrons. The quantitative estimate of drug-likeness (QED) is 0.308. The predicted molar refractivity (Wildman–Crippen MR) is 94.2 cm³/mol. The van der Waals surface area contributed by atoms with Crippen LogP contribution in [0.15, 0.2) is 0 Å². The highest BCUT2D eigenvalue weighted by Crippen LogP contribution is 2.13. The maximum atomic E-state index is 11.0. The van der Waals surface area contributed by atoms with Gasteiger partial charge in [0.1, 0.15) is 5.88 Å². The van der Waals surface area contributed by atoms with Crippen molar-refractivity contribution in [3.63, 3.8) is 0 Å². The Labute approximate surface area is 138 Å². The minimum atomic E-state index is -3.46. The summed E-state index contributed by atoms with van der Waals surface area (Å²) in [6.45, 7) is 2.53. The molecule has 0 aromatic carbocycles. The number of hydrogen-bond acceptors (Lipinski definition) is 4. The Kier molecular flexibility index (Phi) is 15.7. The summed E-state index contributed by atoms with van der Waals surface area (Å²) in [7, 11) is -3.46. The Morgan fingerprint density at radius 2 is 1.05 bits per heavy atom. The molecule has 22 heavy (non-hydrogen) atoms. The fraction of sp³-hybridized carbons (Fsp3) is 1.00. The summed E-state index contributed by atoms with van der Waals surface area (Å²) in [6, 6.07) is 0. The zero-order valence-corrected chi connectivity index (χ0v) is 15.3. The van der Waals surface area contributed by atoms with Gasteiger partial charge in [-0.25, -0.2) is 0 Å². The Balaban J connectivity index is 3.09. The van der Waals surface area contributed by atoms with Crippen LogP contribution in [0.3, 0.4) is 0 Å². The van der Waals surface area contributed by atoms with Gasteiger partial charge in [-0.2, -0.15) is 8.42 Å². The molecule has 0 spiro atoms. The van der Waals surface area contributed by atoms with Crippen LogP contribution in [0, 0.1) is 0 Å². The molecule has 0 atom stereocenters. The maximum absolute atomic E-state index is 11.0. The van der Waals surface area contributed by atoms with Crippen molar-refractivity contribution in [3.05, 3.63) is 0 Å². The molecular formula is C17H37NO3S. The summed E-state index contributed by atoms with van der Waals surface area (Å²) >= 11 is 0. The number of unbranched alkanes of at least 4 members (excludes halogenated alkanes) is 13. The van der Waals surface area contributed by atoms with E-state index in [1.807, 2.05) is 0 Å². The molecule has 0 aliphatic rings. The number of rotatable bonds is 17. The zero-order chi connectivity index (χ0) is 16.5. The molecule has 4 nitrogen and oxygen atoms in total. The van der Waals surface area contributed by atoms with Gasteiger partial charge in [0.05, 0.1) is 6.61 Å². The van der Waals surface area contributed by atoms with E-state index in [2.05, 4.69) is 6.92 Å². The average Bonchev–Trinajstić information content (AvgIpc) is 2.51. The summed E-state index contributed by atoms with van der Waals surface area (Å²) in [5.74, 6) is -0.425. The molecule has 0 saturated heterocycles. The second-order valence-electron chi connectivity index (χ2n) is 6.14. The van der Waals surface area contributed by atoms with Crippen LogP contribution in [-0.2, 0) is 14.3 Å². The molecular weight excluding hydrogens is 298 g/mol. The first-order valence-electron chi connectivity index (χ1n) is 9.19. The van der Waals surface area contributed by atoms with Gasteiger partial charge in [-0.1, -0.05) is 90.4 Å². The van der Waals surface area contributed by atoms with E-state index in [9.17, 15) is 8.42 Å². The third-order valence-corrected chi connectivity index (χ3v) is 4.90. The van der Waals surface area contributed by atoms with Crippen LogP contribution < -0.4 is 5.73 Å². The fourth-order valence-corrected chi connectivity index (χ4v) is 3.00. The standard InChI is InChI=1S/C17H37NO3S/c1-2-3-4-5-6-7-8-9-10-11-12-13-14-15-16-21-22(19,20)17-18/h2-18H2,1H3. The van der Waals surface area contributed by atoms with Crippen molar-refractivity contribution >= 4 is 10.1 Å². The van der Waals surface area contributed by atoms with Gasteiger partial charge in [0.2, 0.25) is 0 Å². The van der Waals surface area contributed by atoms with Gasteiger partial charge in [0, 0.05) is 0 Å². The monoisotopic (exact) mass is 335 g/mol. The lowest BCUT2D eigenvalue weighted by atomic mass is 10.0. The van der Waals surface area contributed by atoms with Gasteiger partial charge in [-0.3, -0.25) is 4.18 Å². The van der Waals surface area contributed by atoms with E-state index in [4.69, 9.17) is 9.92 Å². The molecule has 0 amide bonds. The van der Waals surface area contributed by atoms with Gasteiger partial charge in [-0.05, 0) is 6.42 Å². The lowest BCUT2D eigenvalue weighted by Gasteiger charge is -2.04. The number of nitrogens with two attached hydrogens (primary N) is 1. The first kappa shape index (κ1) is 21.9. The molecule has 0 aromatic heterocycles. The summed E-state index contributed by atoms with van der Waals surface area (Å²) in [6.07, 6.45) is 18.0. The Hall–Kier alpha value is -0.130. The molecule has 0 unspecified atom stereocenters. The summed E-state index contributed by atoms with van der Waals surface area (Å²) < 4.78 is 26.7. The van der Waals surface area contributed by atoms with Gasteiger partial charge >= 0.3 is 0 Å². The van der Waals surface area contributed by atoms with Crippen LogP contribution in [-0.4, -0.2) is 20.9 Å². The maximum Gasteiger partial charge on any atom is 0.280 e. The van der Waals surface area contributed by atoms with Crippen molar-refractivity contribution in [1.82, 2.24) is 0 Å². The SMILES string of the molecule is CCCCCCCCCCCCCCCCOS(=O)(=O)CN. The fourth-order valence-electron chi connectivity index (χ4n) is 2.53. The van der Waals surface area contributed by atoms with Gasteiger partial charge in [-0.15, -0.1) is 0 Å². The molecule has 2 N–H and O–H groups in total. The molecule has 0 saturated carbocycles. The Bertz CT molecular complexity index is 318. The van der Waals surface area contributed by atoms with Crippen molar-refractivity contribution in [3.8, 4) is 0 Å². The summed E-state index contributed by atoms with van der Waals surface area (Å²) in [5, 5.41) is 0. The van der Waals surface area contributed by atoms with E-state index in [1.165, 1.54) is 77.0 Å². The largest absolute Gasteiger partial charge is 0.316 e. The van der Waals surface area contributed by atoms with E-state index >= 15 is 0 Å². The first-order valence-corrected chi connectivity index (χ1v) is 10.8. The topological polar surface area (TPSA) is 69.4 Å². The van der Waals surface area contributed by atoms with E-state index in [0.717, 1.165) is 12.8 Å². The van der Waals surface area contributed by atoms with Gasteiger partial charge < -0.3 is 5.73 Å². The van der Waals surface area contributed by atoms with Crippen LogP contribution in [0.25, 0.3) is 0 Å². The first-order chi connectivity index (χ1) is 10.6. The minimum Gasteiger partial charge on any atom is -0.316 e. The van der Waals surface area contributed by atoms with Crippen LogP contribution in [0.4, 0.5) is 0 Å². The lowest BCUT2D eigenvalue weighted by Crippen LogP contribution is -2.17. The molecule has 0 bridgehead atoms. The van der Waals surface area contributed by atoms with Crippen molar-refractivity contribution < 1.29 is 12.6 Å². The van der Waals surface area contributed by atoms with Crippen molar-refractivity contribution in [2.75, 3.05) is 12.5 Å². The van der Waals surface area contributed by atoms with E-state index in [-0.39, 0.29) is 6.61 Å². The van der Waals surface area contributed by atoms with Crippen LogP contribution in [0.1, 0.15) is 96.8 Å². The van der Waals surface area contributed by atoms with Crippen LogP contribution in [0.2, 0.25) is 0 Å². The molecule has 0 aromatic rings. The average molecular weight is 336 g/mol. The van der Waals surface area contributed by atoms with E-state index in [0.29, 0.717) is 0 Å². The van der Waals surface area contributed by atoms with Crippen LogP contribution in [0.5, 0.6) is 0 Å². The smallest absolute Gasteiger partial charge is 0.280 e. The lowest BCUT2D eigenvalue weighted by molar-refractivity contribution is 0.306. The van der Waals surface area contributed by atoms with E-state index < -0.39 is 16.0 Å². The Morgan fingerprint density at radius 3 is 1.41 bits per heavy atom. The summed E-state index contributed by atoms with van der Waals surface area (Å²) in [4.78, 5) is 0. The van der Waals surface area contributed by atoms with Crippen molar-refractivity contribution in [1.29, 1.82) is 0 Å². The molecule has 5 heteroatoms. The molecule has 0 heterocycles. The normalized spacial score (nSPS) is 11.9. The second kappa shape index (κ2) is 15.8. The van der Waals surface area contributed by atoms with E-state index in [1.54, 1.807) is 0 Å². The molecule has 0 rings (SSSR count). The van der Waals surface area contributed by atoms with Gasteiger partial charge in [0.15, 0.2) is 0 Å². The second-order valence-corrected chi connectivity index (χ2v) is 7.83. The zero-order valence-electron chi connectivity index (χ0n) is 14.5. The number of hydrogen-bond donors (Lipinski definition) is 1. The van der Waals surface area contributed by atoms with Crippen molar-refractivity contribution in [2.24, 2.45) is 5.73 Å². The molecule has 0 aliphatic heterocycles.